The summed E-state index contributed by atoms with van der Waals surface area (Å²) in [4.78, 5) is 9.15. The minimum atomic E-state index is -0.328. The third kappa shape index (κ3) is 4.58. The molecule has 0 aliphatic rings. The Hall–Kier alpha value is -2.47. The normalized spacial score (nSPS) is 11.8. The molecule has 0 aliphatic carbocycles. The summed E-state index contributed by atoms with van der Waals surface area (Å²) in [5.41, 5.74) is 2.41. The maximum atomic E-state index is 13.8. The van der Waals surface area contributed by atoms with Crippen LogP contribution in [-0.4, -0.2) is 16.0 Å². The standard InChI is InChI=1S/C20H20BrFN4/c1-3-13(2)23-20-25-18(14-7-5-4-6-8-14)12-19(26-20)24-15-9-10-16(21)17(22)11-15/h4-13H,3H2,1-2H3,(H2,23,24,25,26)/t13-/m0/s1. The van der Waals surface area contributed by atoms with Gasteiger partial charge in [0.2, 0.25) is 5.95 Å². The van der Waals surface area contributed by atoms with Crippen molar-refractivity contribution < 1.29 is 4.39 Å². The average molecular weight is 415 g/mol. The molecule has 2 N–H and O–H groups in total. The van der Waals surface area contributed by atoms with E-state index in [0.29, 0.717) is 21.9 Å². The highest BCUT2D eigenvalue weighted by atomic mass is 79.9. The van der Waals surface area contributed by atoms with Crippen LogP contribution in [0, 0.1) is 5.82 Å². The van der Waals surface area contributed by atoms with Crippen molar-refractivity contribution in [3.05, 3.63) is 64.9 Å². The first-order valence-electron chi connectivity index (χ1n) is 8.48. The predicted octanol–water partition coefficient (Wildman–Crippen LogP) is 6.00. The number of rotatable bonds is 6. The summed E-state index contributed by atoms with van der Waals surface area (Å²) < 4.78 is 14.2. The highest BCUT2D eigenvalue weighted by Gasteiger charge is 2.10. The van der Waals surface area contributed by atoms with Crippen LogP contribution in [0.5, 0.6) is 0 Å². The van der Waals surface area contributed by atoms with Crippen molar-refractivity contribution >= 4 is 33.4 Å². The molecule has 6 heteroatoms. The van der Waals surface area contributed by atoms with Crippen molar-refractivity contribution in [2.45, 2.75) is 26.3 Å². The van der Waals surface area contributed by atoms with Crippen LogP contribution in [0.3, 0.4) is 0 Å². The fourth-order valence-electron chi connectivity index (χ4n) is 2.38. The van der Waals surface area contributed by atoms with Gasteiger partial charge in [0.25, 0.3) is 0 Å². The van der Waals surface area contributed by atoms with E-state index in [0.717, 1.165) is 17.7 Å². The monoisotopic (exact) mass is 414 g/mol. The van der Waals surface area contributed by atoms with Gasteiger partial charge >= 0.3 is 0 Å². The Morgan fingerprint density at radius 1 is 1.08 bits per heavy atom. The van der Waals surface area contributed by atoms with Gasteiger partial charge in [0, 0.05) is 23.4 Å². The molecule has 0 spiro atoms. The maximum absolute atomic E-state index is 13.8. The quantitative estimate of drug-likeness (QED) is 0.519. The molecular weight excluding hydrogens is 395 g/mol. The van der Waals surface area contributed by atoms with Gasteiger partial charge in [0.05, 0.1) is 10.2 Å². The van der Waals surface area contributed by atoms with Crippen molar-refractivity contribution in [2.75, 3.05) is 10.6 Å². The minimum absolute atomic E-state index is 0.249. The molecule has 0 saturated heterocycles. The van der Waals surface area contributed by atoms with Gasteiger partial charge in [0.1, 0.15) is 11.6 Å². The Morgan fingerprint density at radius 2 is 1.85 bits per heavy atom. The molecule has 0 bridgehead atoms. The third-order valence-electron chi connectivity index (χ3n) is 3.98. The van der Waals surface area contributed by atoms with Crippen LogP contribution in [0.2, 0.25) is 0 Å². The molecule has 26 heavy (non-hydrogen) atoms. The topological polar surface area (TPSA) is 49.8 Å². The number of benzene rings is 2. The summed E-state index contributed by atoms with van der Waals surface area (Å²) in [7, 11) is 0. The van der Waals surface area contributed by atoms with Crippen molar-refractivity contribution in [3.63, 3.8) is 0 Å². The highest BCUT2D eigenvalue weighted by Crippen LogP contribution is 2.26. The average Bonchev–Trinajstić information content (AvgIpc) is 2.65. The Labute approximate surface area is 161 Å². The van der Waals surface area contributed by atoms with Crippen LogP contribution in [0.4, 0.5) is 21.8 Å². The van der Waals surface area contributed by atoms with E-state index in [1.54, 1.807) is 12.1 Å². The molecule has 0 radical (unpaired) electrons. The van der Waals surface area contributed by atoms with Crippen LogP contribution >= 0.6 is 15.9 Å². The lowest BCUT2D eigenvalue weighted by Gasteiger charge is -2.15. The van der Waals surface area contributed by atoms with Gasteiger partial charge in [-0.05, 0) is 47.5 Å². The molecule has 134 valence electrons. The molecular formula is C20H20BrFN4. The number of nitrogens with one attached hydrogen (secondary N) is 2. The van der Waals surface area contributed by atoms with Gasteiger partial charge in [-0.1, -0.05) is 37.3 Å². The number of aromatic nitrogens is 2. The number of halogens is 2. The van der Waals surface area contributed by atoms with E-state index in [1.807, 2.05) is 36.4 Å². The van der Waals surface area contributed by atoms with Gasteiger partial charge in [-0.15, -0.1) is 0 Å². The van der Waals surface area contributed by atoms with E-state index >= 15 is 0 Å². The first kappa shape index (κ1) is 18.3. The lowest BCUT2D eigenvalue weighted by Crippen LogP contribution is -2.16. The molecule has 3 rings (SSSR count). The van der Waals surface area contributed by atoms with Crippen molar-refractivity contribution in [1.29, 1.82) is 0 Å². The Balaban J connectivity index is 1.97. The van der Waals surface area contributed by atoms with Crippen LogP contribution < -0.4 is 10.6 Å². The molecule has 0 fully saturated rings. The number of hydrogen-bond donors (Lipinski definition) is 2. The SMILES string of the molecule is CC[C@H](C)Nc1nc(Nc2ccc(Br)c(F)c2)cc(-c2ccccc2)n1. The second-order valence-electron chi connectivity index (χ2n) is 6.04. The van der Waals surface area contributed by atoms with E-state index in [2.05, 4.69) is 50.4 Å². The molecule has 3 aromatic rings. The molecule has 2 aromatic carbocycles. The number of anilines is 3. The second kappa shape index (κ2) is 8.27. The molecule has 1 heterocycles. The van der Waals surface area contributed by atoms with Crippen LogP contribution in [-0.2, 0) is 0 Å². The largest absolute Gasteiger partial charge is 0.352 e. The second-order valence-corrected chi connectivity index (χ2v) is 6.89. The summed E-state index contributed by atoms with van der Waals surface area (Å²) in [6, 6.07) is 16.9. The smallest absolute Gasteiger partial charge is 0.225 e. The Kier molecular flexibility index (Phi) is 5.83. The third-order valence-corrected chi connectivity index (χ3v) is 4.62. The van der Waals surface area contributed by atoms with E-state index in [-0.39, 0.29) is 11.9 Å². The summed E-state index contributed by atoms with van der Waals surface area (Å²) in [6.07, 6.45) is 0.958. The minimum Gasteiger partial charge on any atom is -0.352 e. The Morgan fingerprint density at radius 3 is 2.54 bits per heavy atom. The van der Waals surface area contributed by atoms with Crippen molar-refractivity contribution in [1.82, 2.24) is 9.97 Å². The number of nitrogens with zero attached hydrogens (tertiary/aromatic N) is 2. The fourth-order valence-corrected chi connectivity index (χ4v) is 2.62. The summed E-state index contributed by atoms with van der Waals surface area (Å²) in [5, 5.41) is 6.47. The maximum Gasteiger partial charge on any atom is 0.225 e. The molecule has 0 saturated carbocycles. The zero-order chi connectivity index (χ0) is 18.5. The zero-order valence-corrected chi connectivity index (χ0v) is 16.2. The van der Waals surface area contributed by atoms with Crippen molar-refractivity contribution in [2.24, 2.45) is 0 Å². The molecule has 0 aliphatic heterocycles. The van der Waals surface area contributed by atoms with Gasteiger partial charge < -0.3 is 10.6 Å². The van der Waals surface area contributed by atoms with E-state index in [4.69, 9.17) is 0 Å². The van der Waals surface area contributed by atoms with E-state index in [9.17, 15) is 4.39 Å². The van der Waals surface area contributed by atoms with Gasteiger partial charge in [0.15, 0.2) is 0 Å². The molecule has 1 aromatic heterocycles. The lowest BCUT2D eigenvalue weighted by atomic mass is 10.1. The first-order valence-corrected chi connectivity index (χ1v) is 9.27. The van der Waals surface area contributed by atoms with Crippen LogP contribution in [0.1, 0.15) is 20.3 Å². The van der Waals surface area contributed by atoms with Gasteiger partial charge in [-0.2, -0.15) is 4.98 Å². The first-order chi connectivity index (χ1) is 12.5. The van der Waals surface area contributed by atoms with Gasteiger partial charge in [-0.25, -0.2) is 9.37 Å². The predicted molar refractivity (Wildman–Crippen MR) is 108 cm³/mol. The van der Waals surface area contributed by atoms with Crippen molar-refractivity contribution in [3.8, 4) is 11.3 Å². The van der Waals surface area contributed by atoms with Crippen LogP contribution in [0.15, 0.2) is 59.1 Å². The summed E-state index contributed by atoms with van der Waals surface area (Å²) >= 11 is 3.17. The molecule has 0 unspecified atom stereocenters. The lowest BCUT2D eigenvalue weighted by molar-refractivity contribution is 0.622. The summed E-state index contributed by atoms with van der Waals surface area (Å²) in [5.74, 6) is 0.817. The summed E-state index contributed by atoms with van der Waals surface area (Å²) in [6.45, 7) is 4.18. The highest BCUT2D eigenvalue weighted by molar-refractivity contribution is 9.10. The fraction of sp³-hybridized carbons (Fsp3) is 0.200. The van der Waals surface area contributed by atoms with E-state index < -0.39 is 0 Å². The number of hydrogen-bond acceptors (Lipinski definition) is 4. The zero-order valence-electron chi connectivity index (χ0n) is 14.6. The van der Waals surface area contributed by atoms with Gasteiger partial charge in [-0.3, -0.25) is 0 Å². The van der Waals surface area contributed by atoms with Crippen LogP contribution in [0.25, 0.3) is 11.3 Å². The molecule has 1 atom stereocenters. The molecule has 4 nitrogen and oxygen atoms in total. The molecule has 0 amide bonds. The van der Waals surface area contributed by atoms with E-state index in [1.165, 1.54) is 6.07 Å². The Bertz CT molecular complexity index is 886.